The minimum Gasteiger partial charge on any atom is -0.371 e. The van der Waals surface area contributed by atoms with Crippen LogP contribution < -0.4 is 0 Å². The van der Waals surface area contributed by atoms with Crippen molar-refractivity contribution in [1.29, 1.82) is 0 Å². The number of hydrogen-bond donors (Lipinski definition) is 0. The van der Waals surface area contributed by atoms with E-state index in [2.05, 4.69) is 35.0 Å². The van der Waals surface area contributed by atoms with Gasteiger partial charge in [-0.1, -0.05) is 36.7 Å². The molecule has 0 radical (unpaired) electrons. The zero-order valence-corrected chi connectivity index (χ0v) is 27.7. The van der Waals surface area contributed by atoms with Gasteiger partial charge in [-0.25, -0.2) is 4.98 Å². The summed E-state index contributed by atoms with van der Waals surface area (Å²) in [6, 6.07) is 6.28. The number of ether oxygens (including phenoxy) is 3. The normalized spacial score (nSPS) is 17.1. The fourth-order valence-corrected chi connectivity index (χ4v) is 6.94. The lowest BCUT2D eigenvalue weighted by molar-refractivity contribution is -0.145. The first-order valence-electron chi connectivity index (χ1n) is 15.5. The number of amides is 2. The summed E-state index contributed by atoms with van der Waals surface area (Å²) in [5.41, 5.74) is 2.52. The number of unbranched alkanes of at least 4 members (excludes halogenated alkanes) is 1. The van der Waals surface area contributed by atoms with Gasteiger partial charge in [-0.05, 0) is 56.6 Å². The van der Waals surface area contributed by atoms with Gasteiger partial charge in [0.2, 0.25) is 5.91 Å². The maximum absolute atomic E-state index is 13.1. The van der Waals surface area contributed by atoms with E-state index < -0.39 is 6.29 Å². The third kappa shape index (κ3) is 8.99. The molecule has 2 aliphatic heterocycles. The summed E-state index contributed by atoms with van der Waals surface area (Å²) in [6.45, 7) is 9.45. The van der Waals surface area contributed by atoms with Gasteiger partial charge in [0.25, 0.3) is 5.91 Å². The number of aryl methyl sites for hydroxylation is 2. The van der Waals surface area contributed by atoms with Crippen molar-refractivity contribution in [3.63, 3.8) is 0 Å². The van der Waals surface area contributed by atoms with Gasteiger partial charge >= 0.3 is 0 Å². The predicted molar refractivity (Wildman–Crippen MR) is 170 cm³/mol. The van der Waals surface area contributed by atoms with Crippen molar-refractivity contribution in [3.8, 4) is 0 Å². The zero-order valence-electron chi connectivity index (χ0n) is 26.1. The highest BCUT2D eigenvalue weighted by Crippen LogP contribution is 2.33. The Labute approximate surface area is 265 Å². The monoisotopic (exact) mass is 634 g/mol. The second kappa shape index (κ2) is 16.3. The maximum atomic E-state index is 13.1. The summed E-state index contributed by atoms with van der Waals surface area (Å²) in [7, 11) is 3.17. The summed E-state index contributed by atoms with van der Waals surface area (Å²) in [6.07, 6.45) is 5.22. The van der Waals surface area contributed by atoms with E-state index in [1.165, 1.54) is 0 Å². The van der Waals surface area contributed by atoms with Crippen LogP contribution in [-0.2, 0) is 38.4 Å². The summed E-state index contributed by atoms with van der Waals surface area (Å²) in [5.74, 6) is 0.134. The molecule has 2 aliphatic rings. The highest BCUT2D eigenvalue weighted by atomic mass is 35.5. The molecule has 2 aromatic rings. The predicted octanol–water partition coefficient (Wildman–Crippen LogP) is 5.05. The number of thiazole rings is 1. The molecule has 1 spiro atoms. The van der Waals surface area contributed by atoms with E-state index in [1.807, 2.05) is 17.2 Å². The minimum absolute atomic E-state index is 0.0162. The number of halogens is 1. The van der Waals surface area contributed by atoms with Crippen molar-refractivity contribution in [3.05, 3.63) is 50.4 Å². The summed E-state index contributed by atoms with van der Waals surface area (Å²) in [5, 5.41) is 3.70. The van der Waals surface area contributed by atoms with Crippen LogP contribution in [0.25, 0.3) is 0 Å². The van der Waals surface area contributed by atoms with Gasteiger partial charge in [0.1, 0.15) is 5.69 Å². The average Bonchev–Trinajstić information content (AvgIpc) is 3.52. The SMILES string of the molecule is CCc1nc(C(=O)N2CCOC3(CCN(Cc4cccc(CCCCC(=O)N(CC)CC(OC)OC)c4Cl)CC3)C2)cs1. The van der Waals surface area contributed by atoms with Crippen molar-refractivity contribution in [2.24, 2.45) is 0 Å². The van der Waals surface area contributed by atoms with E-state index in [1.54, 1.807) is 30.5 Å². The molecule has 43 heavy (non-hydrogen) atoms. The van der Waals surface area contributed by atoms with Crippen molar-refractivity contribution in [2.75, 3.05) is 60.1 Å². The Morgan fingerprint density at radius 2 is 1.88 bits per heavy atom. The lowest BCUT2D eigenvalue weighted by atomic mass is 9.89. The molecular weight excluding hydrogens is 588 g/mol. The van der Waals surface area contributed by atoms with Gasteiger partial charge in [-0.15, -0.1) is 11.3 Å². The van der Waals surface area contributed by atoms with E-state index >= 15 is 0 Å². The topological polar surface area (TPSA) is 84.4 Å². The number of benzene rings is 1. The third-order valence-electron chi connectivity index (χ3n) is 8.65. The highest BCUT2D eigenvalue weighted by molar-refractivity contribution is 7.09. The van der Waals surface area contributed by atoms with E-state index in [9.17, 15) is 9.59 Å². The molecule has 9 nitrogen and oxygen atoms in total. The second-order valence-electron chi connectivity index (χ2n) is 11.4. The van der Waals surface area contributed by atoms with Gasteiger partial charge in [-0.3, -0.25) is 14.5 Å². The fraction of sp³-hybridized carbons (Fsp3) is 0.656. The van der Waals surface area contributed by atoms with Gasteiger partial charge < -0.3 is 24.0 Å². The molecule has 0 saturated carbocycles. The van der Waals surface area contributed by atoms with Crippen LogP contribution in [0.4, 0.5) is 0 Å². The first-order valence-corrected chi connectivity index (χ1v) is 16.8. The van der Waals surface area contributed by atoms with Gasteiger partial charge in [0, 0.05) is 63.8 Å². The minimum atomic E-state index is -0.409. The van der Waals surface area contributed by atoms with Crippen molar-refractivity contribution >= 4 is 34.8 Å². The van der Waals surface area contributed by atoms with Crippen LogP contribution in [-0.4, -0.2) is 103 Å². The number of likely N-dealkylation sites (N-methyl/N-ethyl adjacent to an activating group) is 1. The van der Waals surface area contributed by atoms with E-state index in [4.69, 9.17) is 25.8 Å². The van der Waals surface area contributed by atoms with Crippen molar-refractivity contribution < 1.29 is 23.8 Å². The Kier molecular flexibility index (Phi) is 12.8. The summed E-state index contributed by atoms with van der Waals surface area (Å²) >= 11 is 8.45. The molecule has 3 heterocycles. The standard InChI is InChI=1S/C32H47ClN4O5S/c1-5-27-34-26(22-43-27)31(39)37-18-19-42-32(23-37)14-16-35(17-15-32)20-25-12-9-11-24(30(25)33)10-7-8-13-28(38)36(6-2)21-29(40-3)41-4/h9,11-12,22,29H,5-8,10,13-21,23H2,1-4H3. The second-order valence-corrected chi connectivity index (χ2v) is 12.8. The number of morpholine rings is 1. The molecular formula is C32H47ClN4O5S. The largest absolute Gasteiger partial charge is 0.371 e. The third-order valence-corrected chi connectivity index (χ3v) is 10.1. The molecule has 4 rings (SSSR count). The number of hydrogen-bond acceptors (Lipinski definition) is 8. The molecule has 11 heteroatoms. The molecule has 1 aromatic heterocycles. The Bertz CT molecular complexity index is 1200. The van der Waals surface area contributed by atoms with Crippen LogP contribution in [0.1, 0.15) is 72.6 Å². The number of methoxy groups -OCH3 is 2. The Morgan fingerprint density at radius 3 is 2.56 bits per heavy atom. The quantitative estimate of drug-likeness (QED) is 0.213. The molecule has 1 aromatic carbocycles. The van der Waals surface area contributed by atoms with Crippen LogP contribution in [0.3, 0.4) is 0 Å². The Morgan fingerprint density at radius 1 is 1.14 bits per heavy atom. The van der Waals surface area contributed by atoms with Crippen LogP contribution >= 0.6 is 22.9 Å². The Hall–Kier alpha value is -2.08. The molecule has 2 saturated heterocycles. The van der Waals surface area contributed by atoms with Crippen molar-refractivity contribution in [2.45, 2.75) is 77.2 Å². The maximum Gasteiger partial charge on any atom is 0.273 e. The molecule has 238 valence electrons. The van der Waals surface area contributed by atoms with E-state index in [0.29, 0.717) is 44.9 Å². The first-order chi connectivity index (χ1) is 20.8. The number of rotatable bonds is 14. The molecule has 2 fully saturated rings. The highest BCUT2D eigenvalue weighted by Gasteiger charge is 2.41. The first kappa shape index (κ1) is 33.8. The molecule has 0 aliphatic carbocycles. The number of carbonyl (C=O) groups excluding carboxylic acids is 2. The van der Waals surface area contributed by atoms with Crippen LogP contribution in [0.2, 0.25) is 5.02 Å². The number of aromatic nitrogens is 1. The number of nitrogens with zero attached hydrogens (tertiary/aromatic N) is 4. The van der Waals surface area contributed by atoms with Crippen LogP contribution in [0.5, 0.6) is 0 Å². The molecule has 2 amide bonds. The smallest absolute Gasteiger partial charge is 0.273 e. The van der Waals surface area contributed by atoms with E-state index in [-0.39, 0.29) is 17.4 Å². The van der Waals surface area contributed by atoms with E-state index in [0.717, 1.165) is 79.3 Å². The van der Waals surface area contributed by atoms with Crippen LogP contribution in [0.15, 0.2) is 23.6 Å². The summed E-state index contributed by atoms with van der Waals surface area (Å²) in [4.78, 5) is 36.5. The average molecular weight is 635 g/mol. The molecule has 0 bridgehead atoms. The molecule has 0 N–H and O–H groups in total. The van der Waals surface area contributed by atoms with Crippen molar-refractivity contribution in [1.82, 2.24) is 19.7 Å². The number of piperidine rings is 1. The van der Waals surface area contributed by atoms with Crippen LogP contribution in [0, 0.1) is 0 Å². The molecule has 0 atom stereocenters. The number of likely N-dealkylation sites (tertiary alicyclic amines) is 1. The molecule has 0 unspecified atom stereocenters. The Balaban J connectivity index is 1.24. The number of carbonyl (C=O) groups is 2. The lowest BCUT2D eigenvalue weighted by Gasteiger charge is -2.47. The van der Waals surface area contributed by atoms with Gasteiger partial charge in [-0.2, -0.15) is 0 Å². The van der Waals surface area contributed by atoms with Gasteiger partial charge in [0.05, 0.1) is 30.3 Å². The lowest BCUT2D eigenvalue weighted by Crippen LogP contribution is -2.58. The summed E-state index contributed by atoms with van der Waals surface area (Å²) < 4.78 is 16.8. The van der Waals surface area contributed by atoms with Gasteiger partial charge in [0.15, 0.2) is 6.29 Å². The zero-order chi connectivity index (χ0) is 30.8. The fourth-order valence-electron chi connectivity index (χ4n) is 5.94.